The fourth-order valence-electron chi connectivity index (χ4n) is 2.80. The van der Waals surface area contributed by atoms with Gasteiger partial charge in [0, 0.05) is 16.1 Å². The molecule has 0 bridgehead atoms. The number of ether oxygens (including phenoxy) is 1. The second kappa shape index (κ2) is 6.10. The fraction of sp³-hybridized carbons (Fsp3) is 0.500. The van der Waals surface area contributed by atoms with Gasteiger partial charge in [0.05, 0.1) is 7.11 Å². The molecule has 0 atom stereocenters. The standard InChI is InChI=1S/C16H28OSi2/c1-17-15-11-8-14(9-12-15)10-13-16(18(2,3)4)19(5,6)7/h8-13,16H,1-7H3/b13-10+. The van der Waals surface area contributed by atoms with Crippen molar-refractivity contribution in [1.29, 1.82) is 0 Å². The van der Waals surface area contributed by atoms with E-state index >= 15 is 0 Å². The lowest BCUT2D eigenvalue weighted by Gasteiger charge is -2.36. The summed E-state index contributed by atoms with van der Waals surface area (Å²) in [7, 11) is -0.581. The van der Waals surface area contributed by atoms with Crippen LogP contribution >= 0.6 is 0 Å². The Balaban J connectivity index is 2.92. The minimum atomic E-state index is -1.14. The van der Waals surface area contributed by atoms with E-state index in [4.69, 9.17) is 4.74 Å². The van der Waals surface area contributed by atoms with E-state index in [9.17, 15) is 0 Å². The van der Waals surface area contributed by atoms with Gasteiger partial charge in [-0.1, -0.05) is 63.6 Å². The van der Waals surface area contributed by atoms with Crippen molar-refractivity contribution in [2.45, 2.75) is 44.4 Å². The van der Waals surface area contributed by atoms with E-state index < -0.39 is 16.1 Å². The molecule has 1 nitrogen and oxygen atoms in total. The Kier molecular flexibility index (Phi) is 5.21. The summed E-state index contributed by atoms with van der Waals surface area (Å²) in [6.45, 7) is 14.9. The summed E-state index contributed by atoms with van der Waals surface area (Å²) < 4.78 is 5.19. The first-order valence-corrected chi connectivity index (χ1v) is 14.1. The number of rotatable bonds is 5. The molecule has 0 amide bonds. The van der Waals surface area contributed by atoms with Gasteiger partial charge in [0.25, 0.3) is 0 Å². The van der Waals surface area contributed by atoms with E-state index in [1.165, 1.54) is 5.56 Å². The largest absolute Gasteiger partial charge is 0.497 e. The van der Waals surface area contributed by atoms with Crippen LogP contribution in [0, 0.1) is 0 Å². The number of hydrogen-bond acceptors (Lipinski definition) is 1. The summed E-state index contributed by atoms with van der Waals surface area (Å²) in [5.74, 6) is 0.920. The van der Waals surface area contributed by atoms with Gasteiger partial charge in [0.15, 0.2) is 0 Å². The second-order valence-corrected chi connectivity index (χ2v) is 18.6. The first kappa shape index (κ1) is 16.2. The third-order valence-corrected chi connectivity index (χ3v) is 12.8. The van der Waals surface area contributed by atoms with Crippen LogP contribution in [-0.2, 0) is 0 Å². The van der Waals surface area contributed by atoms with Crippen LogP contribution in [0.2, 0.25) is 44.4 Å². The Morgan fingerprint density at radius 2 is 1.37 bits per heavy atom. The fourth-order valence-corrected chi connectivity index (χ4v) is 14.5. The molecule has 106 valence electrons. The maximum atomic E-state index is 5.19. The van der Waals surface area contributed by atoms with Crippen LogP contribution in [0.4, 0.5) is 0 Å². The van der Waals surface area contributed by atoms with Crippen LogP contribution < -0.4 is 4.74 Å². The first-order chi connectivity index (χ1) is 8.64. The molecule has 0 fully saturated rings. The van der Waals surface area contributed by atoms with Crippen molar-refractivity contribution < 1.29 is 4.74 Å². The molecule has 0 aromatic heterocycles. The molecule has 0 spiro atoms. The zero-order chi connectivity index (χ0) is 14.7. The third-order valence-electron chi connectivity index (χ3n) is 3.46. The van der Waals surface area contributed by atoms with Crippen LogP contribution in [0.3, 0.4) is 0 Å². The van der Waals surface area contributed by atoms with Gasteiger partial charge >= 0.3 is 0 Å². The molecule has 3 heteroatoms. The van der Waals surface area contributed by atoms with Crippen LogP contribution in [0.15, 0.2) is 30.3 Å². The molecule has 19 heavy (non-hydrogen) atoms. The van der Waals surface area contributed by atoms with Gasteiger partial charge in [-0.25, -0.2) is 0 Å². The van der Waals surface area contributed by atoms with Gasteiger partial charge in [0.2, 0.25) is 0 Å². The van der Waals surface area contributed by atoms with E-state index in [0.717, 1.165) is 10.9 Å². The van der Waals surface area contributed by atoms with Crippen molar-refractivity contribution in [2.75, 3.05) is 7.11 Å². The van der Waals surface area contributed by atoms with Crippen LogP contribution in [-0.4, -0.2) is 23.3 Å². The SMILES string of the molecule is COc1ccc(/C=C/C([Si](C)(C)C)[Si](C)(C)C)cc1. The lowest BCUT2D eigenvalue weighted by atomic mass is 10.2. The molecule has 0 saturated heterocycles. The Bertz CT molecular complexity index is 408. The molecule has 0 aliphatic rings. The quantitative estimate of drug-likeness (QED) is 0.670. The highest BCUT2D eigenvalue weighted by atomic mass is 28.4. The molecule has 1 aromatic rings. The van der Waals surface area contributed by atoms with E-state index in [1.807, 2.05) is 12.1 Å². The predicted molar refractivity (Wildman–Crippen MR) is 92.5 cm³/mol. The number of methoxy groups -OCH3 is 1. The predicted octanol–water partition coefficient (Wildman–Crippen LogP) is 5.29. The molecular weight excluding hydrogens is 264 g/mol. The van der Waals surface area contributed by atoms with E-state index in [0.29, 0.717) is 0 Å². The van der Waals surface area contributed by atoms with Gasteiger partial charge in [-0.2, -0.15) is 0 Å². The second-order valence-electron chi connectivity index (χ2n) is 7.34. The number of hydrogen-bond donors (Lipinski definition) is 0. The van der Waals surface area contributed by atoms with Crippen molar-refractivity contribution in [3.63, 3.8) is 0 Å². The zero-order valence-corrected chi connectivity index (χ0v) is 15.4. The maximum absolute atomic E-state index is 5.19. The van der Waals surface area contributed by atoms with Gasteiger partial charge in [-0.15, -0.1) is 0 Å². The molecule has 0 unspecified atom stereocenters. The molecule has 0 aliphatic carbocycles. The van der Waals surface area contributed by atoms with Gasteiger partial charge in [0.1, 0.15) is 5.75 Å². The summed E-state index contributed by atoms with van der Waals surface area (Å²) >= 11 is 0. The van der Waals surface area contributed by atoms with Crippen molar-refractivity contribution in [1.82, 2.24) is 0 Å². The smallest absolute Gasteiger partial charge is 0.118 e. The highest BCUT2D eigenvalue weighted by Gasteiger charge is 2.35. The molecule has 0 N–H and O–H groups in total. The maximum Gasteiger partial charge on any atom is 0.118 e. The average Bonchev–Trinajstić information content (AvgIpc) is 2.26. The molecule has 0 saturated carbocycles. The van der Waals surface area contributed by atoms with Crippen LogP contribution in [0.5, 0.6) is 5.75 Å². The van der Waals surface area contributed by atoms with Gasteiger partial charge in [-0.3, -0.25) is 0 Å². The molecule has 0 aliphatic heterocycles. The highest BCUT2D eigenvalue weighted by molar-refractivity contribution is 6.97. The minimum absolute atomic E-state index is 0.808. The van der Waals surface area contributed by atoms with Crippen molar-refractivity contribution >= 4 is 22.2 Å². The normalized spacial score (nSPS) is 13.3. The van der Waals surface area contributed by atoms with Crippen molar-refractivity contribution in [3.8, 4) is 5.75 Å². The van der Waals surface area contributed by atoms with Crippen molar-refractivity contribution in [2.24, 2.45) is 0 Å². The van der Waals surface area contributed by atoms with Gasteiger partial charge in [-0.05, 0) is 22.9 Å². The zero-order valence-electron chi connectivity index (χ0n) is 13.4. The Labute approximate surface area is 120 Å². The summed E-state index contributed by atoms with van der Waals surface area (Å²) in [5.41, 5.74) is 1.27. The molecule has 1 aromatic carbocycles. The van der Waals surface area contributed by atoms with Crippen molar-refractivity contribution in [3.05, 3.63) is 35.9 Å². The monoisotopic (exact) mass is 292 g/mol. The van der Waals surface area contributed by atoms with Gasteiger partial charge < -0.3 is 4.74 Å². The Morgan fingerprint density at radius 3 is 1.74 bits per heavy atom. The lowest BCUT2D eigenvalue weighted by molar-refractivity contribution is 0.415. The third kappa shape index (κ3) is 4.99. The average molecular weight is 293 g/mol. The summed E-state index contributed by atoms with van der Waals surface area (Å²) in [5, 5.41) is 0.808. The number of allylic oxidation sites excluding steroid dienone is 1. The topological polar surface area (TPSA) is 9.23 Å². The van der Waals surface area contributed by atoms with E-state index in [-0.39, 0.29) is 0 Å². The molecule has 0 radical (unpaired) electrons. The summed E-state index contributed by atoms with van der Waals surface area (Å²) in [6.07, 6.45) is 4.76. The minimum Gasteiger partial charge on any atom is -0.497 e. The van der Waals surface area contributed by atoms with E-state index in [1.54, 1.807) is 7.11 Å². The van der Waals surface area contributed by atoms with E-state index in [2.05, 4.69) is 63.6 Å². The summed E-state index contributed by atoms with van der Waals surface area (Å²) in [6, 6.07) is 8.30. The Hall–Kier alpha value is -0.806. The molecular formula is C16H28OSi2. The molecule has 0 heterocycles. The highest BCUT2D eigenvalue weighted by Crippen LogP contribution is 2.33. The van der Waals surface area contributed by atoms with Crippen LogP contribution in [0.1, 0.15) is 5.56 Å². The lowest BCUT2D eigenvalue weighted by Crippen LogP contribution is -2.42. The molecule has 1 rings (SSSR count). The van der Waals surface area contributed by atoms with Crippen LogP contribution in [0.25, 0.3) is 6.08 Å². The number of benzene rings is 1. The summed E-state index contributed by atoms with van der Waals surface area (Å²) in [4.78, 5) is 0. The Morgan fingerprint density at radius 1 is 0.895 bits per heavy atom. The first-order valence-electron chi connectivity index (χ1n) is 6.97.